The van der Waals surface area contributed by atoms with Crippen molar-refractivity contribution in [3.63, 3.8) is 0 Å². The summed E-state index contributed by atoms with van der Waals surface area (Å²) in [6, 6.07) is 17.1. The first kappa shape index (κ1) is 45.6. The van der Waals surface area contributed by atoms with Crippen LogP contribution in [-0.2, 0) is 36.6 Å². The van der Waals surface area contributed by atoms with Gasteiger partial charge in [-0.15, -0.1) is 0 Å². The van der Waals surface area contributed by atoms with E-state index in [0.717, 1.165) is 30.2 Å². The van der Waals surface area contributed by atoms with Crippen molar-refractivity contribution in [2.75, 3.05) is 28.4 Å². The topological polar surface area (TPSA) is 189 Å². The van der Waals surface area contributed by atoms with Gasteiger partial charge in [-0.25, -0.2) is 9.97 Å². The molecule has 7 rings (SSSR count). The molecule has 2 unspecified atom stereocenters. The molecule has 0 radical (unpaired) electrons. The molecule has 3 aromatic heterocycles. The van der Waals surface area contributed by atoms with Crippen molar-refractivity contribution < 1.29 is 45.7 Å². The number of methoxy groups -OCH3 is 1. The molecule has 5 N–H and O–H groups in total. The van der Waals surface area contributed by atoms with E-state index in [4.69, 9.17) is 9.47 Å². The van der Waals surface area contributed by atoms with E-state index in [-0.39, 0.29) is 29.2 Å². The number of nitrogens with one attached hydrogen (secondary N) is 4. The maximum absolute atomic E-state index is 14.2. The molecule has 20 heteroatoms. The van der Waals surface area contributed by atoms with Crippen LogP contribution in [0.5, 0.6) is 11.5 Å². The smallest absolute Gasteiger partial charge is 0.421 e. The number of pyridine rings is 1. The largest absolute Gasteiger partial charge is 0.619 e. The van der Waals surface area contributed by atoms with E-state index in [9.17, 15) is 41.9 Å². The second-order valence-corrected chi connectivity index (χ2v) is 16.5. The molecule has 2 aliphatic carbocycles. The highest BCUT2D eigenvalue weighted by atomic mass is 19.4. The predicted octanol–water partition coefficient (Wildman–Crippen LogP) is 8.38. The molecule has 2 aliphatic rings. The number of hydrogen-bond acceptors (Lipinski definition) is 13. The van der Waals surface area contributed by atoms with Gasteiger partial charge in [0.25, 0.3) is 0 Å². The van der Waals surface area contributed by atoms with Gasteiger partial charge in [-0.2, -0.15) is 46.3 Å². The number of benzene rings is 2. The summed E-state index contributed by atoms with van der Waals surface area (Å²) in [7, 11) is 1.54. The number of aromatic nitrogens is 5. The van der Waals surface area contributed by atoms with Crippen molar-refractivity contribution in [1.29, 1.82) is 5.26 Å². The minimum absolute atomic E-state index is 0.0889. The fourth-order valence-corrected chi connectivity index (χ4v) is 8.17. The molecular formula is C44H46F6N10O4. The van der Waals surface area contributed by atoms with Crippen molar-refractivity contribution in [3.8, 4) is 17.6 Å². The number of aliphatic hydroxyl groups is 1. The molecule has 0 spiro atoms. The minimum Gasteiger partial charge on any atom is -0.619 e. The quantitative estimate of drug-likeness (QED) is 0.0383. The Bertz CT molecular complexity index is 2480. The van der Waals surface area contributed by atoms with Crippen LogP contribution in [0.4, 0.5) is 49.9 Å². The van der Waals surface area contributed by atoms with Crippen LogP contribution in [0.15, 0.2) is 79.4 Å². The Morgan fingerprint density at radius 2 is 1.48 bits per heavy atom. The molecule has 2 atom stereocenters. The first-order valence-electron chi connectivity index (χ1n) is 20.5. The molecule has 64 heavy (non-hydrogen) atoms. The number of hydrogen-bond donors (Lipinski definition) is 5. The molecular weight excluding hydrogens is 847 g/mol. The van der Waals surface area contributed by atoms with Crippen molar-refractivity contribution in [3.05, 3.63) is 118 Å². The lowest BCUT2D eigenvalue weighted by atomic mass is 9.53. The molecule has 0 bridgehead atoms. The van der Waals surface area contributed by atoms with Gasteiger partial charge in [-0.1, -0.05) is 44.2 Å². The number of aliphatic hydroxyl groups excluding tert-OH is 1. The van der Waals surface area contributed by atoms with E-state index in [0.29, 0.717) is 73.1 Å². The van der Waals surface area contributed by atoms with Gasteiger partial charge < -0.3 is 41.1 Å². The van der Waals surface area contributed by atoms with Crippen LogP contribution in [0.1, 0.15) is 79.3 Å². The Balaban J connectivity index is 0.992. The maximum Gasteiger partial charge on any atom is 0.421 e. The number of para-hydroxylation sites is 1. The number of ether oxygens (including phenoxy) is 2. The van der Waals surface area contributed by atoms with Crippen molar-refractivity contribution in [2.45, 2.75) is 102 Å². The maximum atomic E-state index is 14.2. The van der Waals surface area contributed by atoms with Gasteiger partial charge in [0.15, 0.2) is 12.4 Å². The van der Waals surface area contributed by atoms with Gasteiger partial charge in [-0.05, 0) is 55.9 Å². The van der Waals surface area contributed by atoms with E-state index in [2.05, 4.69) is 47.3 Å². The molecule has 0 amide bonds. The third-order valence-electron chi connectivity index (χ3n) is 12.1. The number of anilines is 4. The van der Waals surface area contributed by atoms with Gasteiger partial charge in [0, 0.05) is 67.5 Å². The van der Waals surface area contributed by atoms with Gasteiger partial charge in [-0.3, -0.25) is 0 Å². The average molecular weight is 893 g/mol. The summed E-state index contributed by atoms with van der Waals surface area (Å²) in [4.78, 5) is 16.6. The Morgan fingerprint density at radius 1 is 0.844 bits per heavy atom. The Hall–Kier alpha value is -6.46. The van der Waals surface area contributed by atoms with Crippen molar-refractivity contribution in [2.24, 2.45) is 5.41 Å². The zero-order valence-electron chi connectivity index (χ0n) is 35.0. The van der Waals surface area contributed by atoms with Crippen molar-refractivity contribution >= 4 is 23.5 Å². The lowest BCUT2D eigenvalue weighted by Gasteiger charge is -2.61. The number of alkyl halides is 6. The molecule has 0 aliphatic heterocycles. The fraction of sp³-hybridized carbons (Fsp3) is 0.409. The van der Waals surface area contributed by atoms with Crippen molar-refractivity contribution in [1.82, 2.24) is 19.9 Å². The fourth-order valence-electron chi connectivity index (χ4n) is 8.17. The van der Waals surface area contributed by atoms with E-state index >= 15 is 0 Å². The zero-order valence-corrected chi connectivity index (χ0v) is 35.0. The van der Waals surface area contributed by atoms with Gasteiger partial charge in [0.2, 0.25) is 11.9 Å². The highest BCUT2D eigenvalue weighted by molar-refractivity contribution is 5.55. The van der Waals surface area contributed by atoms with Gasteiger partial charge in [0.1, 0.15) is 40.3 Å². The number of rotatable bonds is 15. The second kappa shape index (κ2) is 18.3. The molecule has 2 aromatic carbocycles. The standard InChI is InChI=1S/C44H46F6N10O4/c1-41(2)36(57-38-34(44(48,49)50)24-55-40(59-38)54-23-29-25-60(62)17-16-33(29)43(45,46)47)19-42(41,63-3)18-26-8-14-32(15-9-26)64-35-7-5-4-6-27(35)21-52-39-53-22-28(20-51)37(58-39)56-30-10-12-31(61)13-11-30/h4-9,14-17,22,24-25,30-31,36,61H,10-13,18-19,21,23H2,1-3H3,(H2,52,53,56,58)(H2,54,55,57,59). The Morgan fingerprint density at radius 3 is 2.12 bits per heavy atom. The normalized spacial score (nSPS) is 20.7. The Kier molecular flexibility index (Phi) is 13.0. The molecule has 2 saturated carbocycles. The summed E-state index contributed by atoms with van der Waals surface area (Å²) in [5, 5.41) is 43.2. The SMILES string of the molecule is COC1(Cc2ccc(Oc3ccccc3CNc3ncc(C#N)c(NC4CCC(O)CC4)n3)cc2)CC(Nc2nc(NCc3c[n+]([O-])ccc3C(F)(F)F)ncc2C(F)(F)F)C1(C)C. The average Bonchev–Trinajstić information content (AvgIpc) is 3.25. The highest BCUT2D eigenvalue weighted by Crippen LogP contribution is 2.55. The zero-order chi connectivity index (χ0) is 45.9. The number of halogens is 6. The van der Waals surface area contributed by atoms with E-state index in [1.165, 1.54) is 6.20 Å². The van der Waals surface area contributed by atoms with Gasteiger partial charge in [0.05, 0.1) is 23.5 Å². The second-order valence-electron chi connectivity index (χ2n) is 16.5. The van der Waals surface area contributed by atoms with Crippen LogP contribution in [0.2, 0.25) is 0 Å². The van der Waals surface area contributed by atoms with E-state index in [1.54, 1.807) is 7.11 Å². The summed E-state index contributed by atoms with van der Waals surface area (Å²) in [6.07, 6.45) is -2.92. The molecule has 5 aromatic rings. The monoisotopic (exact) mass is 892 g/mol. The third kappa shape index (κ3) is 10.2. The third-order valence-corrected chi connectivity index (χ3v) is 12.1. The molecule has 0 saturated heterocycles. The van der Waals surface area contributed by atoms with Crippen LogP contribution in [-0.4, -0.2) is 55.9 Å². The van der Waals surface area contributed by atoms with Crippen LogP contribution < -0.4 is 30.7 Å². The molecule has 338 valence electrons. The van der Waals surface area contributed by atoms with Crippen LogP contribution in [0.25, 0.3) is 0 Å². The first-order valence-corrected chi connectivity index (χ1v) is 20.5. The number of nitriles is 1. The summed E-state index contributed by atoms with van der Waals surface area (Å²) in [5.41, 5.74) is -2.24. The predicted molar refractivity (Wildman–Crippen MR) is 223 cm³/mol. The lowest BCUT2D eigenvalue weighted by Crippen LogP contribution is -2.68. The summed E-state index contributed by atoms with van der Waals surface area (Å²) in [5.74, 6) is 0.955. The van der Waals surface area contributed by atoms with Crippen LogP contribution in [0, 0.1) is 22.0 Å². The minimum atomic E-state index is -4.85. The summed E-state index contributed by atoms with van der Waals surface area (Å²) < 4.78 is 95.8. The molecule has 2 fully saturated rings. The Labute approximate surface area is 364 Å². The number of nitrogens with zero attached hydrogens (tertiary/aromatic N) is 6. The van der Waals surface area contributed by atoms with E-state index in [1.807, 2.05) is 62.4 Å². The first-order chi connectivity index (χ1) is 30.4. The lowest BCUT2D eigenvalue weighted by molar-refractivity contribution is -0.606. The highest BCUT2D eigenvalue weighted by Gasteiger charge is 2.61. The van der Waals surface area contributed by atoms with E-state index < -0.39 is 58.5 Å². The molecule has 3 heterocycles. The molecule has 14 nitrogen and oxygen atoms in total. The van der Waals surface area contributed by atoms with Crippen LogP contribution >= 0.6 is 0 Å². The summed E-state index contributed by atoms with van der Waals surface area (Å²) in [6.45, 7) is 3.46. The van der Waals surface area contributed by atoms with Gasteiger partial charge >= 0.3 is 12.4 Å². The van der Waals surface area contributed by atoms with Crippen LogP contribution in [0.3, 0.4) is 0 Å². The summed E-state index contributed by atoms with van der Waals surface area (Å²) >= 11 is 0.